The van der Waals surface area contributed by atoms with Crippen LogP contribution in [0.4, 0.5) is 11.4 Å². The number of fused-ring (bicyclic) bond motifs is 1. The van der Waals surface area contributed by atoms with Gasteiger partial charge < -0.3 is 15.5 Å². The number of carbonyl (C=O) groups is 2. The van der Waals surface area contributed by atoms with Gasteiger partial charge in [-0.05, 0) is 38.1 Å². The maximum atomic E-state index is 13.4. The number of aryl methyl sites for hydroxylation is 2. The van der Waals surface area contributed by atoms with E-state index in [9.17, 15) is 9.59 Å². The molecule has 168 valence electrons. The van der Waals surface area contributed by atoms with Crippen LogP contribution in [0.3, 0.4) is 0 Å². The number of furan rings is 1. The number of nitrogen functional groups attached to an aromatic ring is 1. The zero-order chi connectivity index (χ0) is 23.8. The summed E-state index contributed by atoms with van der Waals surface area (Å²) in [5.41, 5.74) is 10.5. The number of para-hydroxylation sites is 1. The molecule has 0 bridgehead atoms. The summed E-state index contributed by atoms with van der Waals surface area (Å²) < 4.78 is 5.70. The molecule has 5 rings (SSSR count). The van der Waals surface area contributed by atoms with E-state index in [1.165, 1.54) is 17.6 Å². The number of nitrogens with two attached hydrogens (primary N) is 1. The predicted molar refractivity (Wildman–Crippen MR) is 135 cm³/mol. The van der Waals surface area contributed by atoms with Crippen molar-refractivity contribution in [3.8, 4) is 11.3 Å². The first-order chi connectivity index (χ1) is 16.4. The van der Waals surface area contributed by atoms with E-state index in [-0.39, 0.29) is 11.7 Å². The predicted octanol–water partition coefficient (Wildman–Crippen LogP) is 6.24. The highest BCUT2D eigenvalue weighted by Gasteiger charge is 2.28. The molecular weight excluding hydrogens is 446 g/mol. The number of anilines is 2. The number of nitrogens with zero attached hydrogens (tertiary/aromatic N) is 1. The number of hydrogen-bond acceptors (Lipinski definition) is 6. The van der Waals surface area contributed by atoms with E-state index in [4.69, 9.17) is 10.2 Å². The summed E-state index contributed by atoms with van der Waals surface area (Å²) in [6, 6.07) is 20.0. The molecule has 0 aliphatic carbocycles. The maximum Gasteiger partial charge on any atom is 0.258 e. The van der Waals surface area contributed by atoms with Crippen LogP contribution >= 0.6 is 11.3 Å². The lowest BCUT2D eigenvalue weighted by atomic mass is 9.98. The van der Waals surface area contributed by atoms with E-state index < -0.39 is 0 Å². The van der Waals surface area contributed by atoms with Crippen LogP contribution in [-0.2, 0) is 0 Å². The van der Waals surface area contributed by atoms with E-state index in [2.05, 4.69) is 10.3 Å². The Bertz CT molecular complexity index is 1520. The molecule has 1 amide bonds. The Balaban J connectivity index is 1.71. The molecule has 34 heavy (non-hydrogen) atoms. The zero-order valence-electron chi connectivity index (χ0n) is 18.6. The molecule has 3 heterocycles. The Labute approximate surface area is 200 Å². The third kappa shape index (κ3) is 3.76. The lowest BCUT2D eigenvalue weighted by molar-refractivity contribution is 0.102. The summed E-state index contributed by atoms with van der Waals surface area (Å²) in [5.74, 6) is -0.0344. The normalized spacial score (nSPS) is 11.0. The topological polar surface area (TPSA) is 98.2 Å². The number of benzene rings is 2. The molecular formula is C27H21N3O3S. The van der Waals surface area contributed by atoms with Crippen LogP contribution in [0.2, 0.25) is 0 Å². The van der Waals surface area contributed by atoms with Crippen LogP contribution in [0.5, 0.6) is 0 Å². The standard InChI is InChI=1S/C27H21N3O3S/c1-15-10-12-17(13-11-15)24(31)25-23(28)22-21(19-9-6-14-33-19)20(16(2)29-27(22)34-25)26(32)30-18-7-4-3-5-8-18/h3-14H,28H2,1-2H3,(H,30,32). The second-order valence-corrected chi connectivity index (χ2v) is 8.96. The fourth-order valence-corrected chi connectivity index (χ4v) is 5.04. The molecule has 5 aromatic rings. The first-order valence-corrected chi connectivity index (χ1v) is 11.5. The van der Waals surface area contributed by atoms with E-state index in [0.717, 1.165) is 5.56 Å². The number of carbonyl (C=O) groups excluding carboxylic acids is 2. The number of hydrogen-bond donors (Lipinski definition) is 2. The number of nitrogens with one attached hydrogen (secondary N) is 1. The van der Waals surface area contributed by atoms with Crippen molar-refractivity contribution in [2.45, 2.75) is 13.8 Å². The minimum absolute atomic E-state index is 0.182. The monoisotopic (exact) mass is 467 g/mol. The van der Waals surface area contributed by atoms with Crippen molar-refractivity contribution in [1.29, 1.82) is 0 Å². The fourth-order valence-electron chi connectivity index (χ4n) is 3.93. The van der Waals surface area contributed by atoms with Crippen LogP contribution < -0.4 is 11.1 Å². The van der Waals surface area contributed by atoms with Gasteiger partial charge in [0.1, 0.15) is 15.5 Å². The summed E-state index contributed by atoms with van der Waals surface area (Å²) in [4.78, 5) is 32.3. The van der Waals surface area contributed by atoms with Gasteiger partial charge >= 0.3 is 0 Å². The molecule has 6 nitrogen and oxygen atoms in total. The first kappa shape index (κ1) is 21.6. The van der Waals surface area contributed by atoms with Gasteiger partial charge in [-0.15, -0.1) is 11.3 Å². The highest BCUT2D eigenvalue weighted by molar-refractivity contribution is 7.21. The van der Waals surface area contributed by atoms with Crippen molar-refractivity contribution in [2.24, 2.45) is 0 Å². The number of aromatic nitrogens is 1. The van der Waals surface area contributed by atoms with Crippen molar-refractivity contribution in [1.82, 2.24) is 4.98 Å². The summed E-state index contributed by atoms with van der Waals surface area (Å²) in [5, 5.41) is 3.46. The van der Waals surface area contributed by atoms with Gasteiger partial charge in [0, 0.05) is 22.2 Å². The lowest BCUT2D eigenvalue weighted by Crippen LogP contribution is -2.16. The molecule has 0 fully saturated rings. The zero-order valence-corrected chi connectivity index (χ0v) is 19.4. The molecule has 0 aliphatic heterocycles. The summed E-state index contributed by atoms with van der Waals surface area (Å²) in [7, 11) is 0. The van der Waals surface area contributed by atoms with Crippen molar-refractivity contribution in [2.75, 3.05) is 11.1 Å². The molecule has 0 saturated carbocycles. The van der Waals surface area contributed by atoms with E-state index in [1.807, 2.05) is 49.4 Å². The third-order valence-electron chi connectivity index (χ3n) is 5.60. The summed E-state index contributed by atoms with van der Waals surface area (Å²) in [6.45, 7) is 3.73. The molecule has 0 radical (unpaired) electrons. The van der Waals surface area contributed by atoms with Gasteiger partial charge in [0.25, 0.3) is 5.91 Å². The van der Waals surface area contributed by atoms with E-state index >= 15 is 0 Å². The Hall–Kier alpha value is -4.23. The largest absolute Gasteiger partial charge is 0.464 e. The molecule has 3 N–H and O–H groups in total. The van der Waals surface area contributed by atoms with Crippen LogP contribution in [0.15, 0.2) is 77.4 Å². The van der Waals surface area contributed by atoms with Gasteiger partial charge in [-0.2, -0.15) is 0 Å². The SMILES string of the molecule is Cc1ccc(C(=O)c2sc3nc(C)c(C(=O)Nc4ccccc4)c(-c4ccco4)c3c2N)cc1. The highest BCUT2D eigenvalue weighted by Crippen LogP contribution is 2.43. The van der Waals surface area contributed by atoms with Crippen molar-refractivity contribution in [3.05, 3.63) is 100 Å². The minimum Gasteiger partial charge on any atom is -0.464 e. The van der Waals surface area contributed by atoms with Crippen molar-refractivity contribution in [3.63, 3.8) is 0 Å². The van der Waals surface area contributed by atoms with Gasteiger partial charge in [0.05, 0.1) is 23.2 Å². The smallest absolute Gasteiger partial charge is 0.258 e. The van der Waals surface area contributed by atoms with Crippen LogP contribution in [0, 0.1) is 13.8 Å². The van der Waals surface area contributed by atoms with Crippen LogP contribution in [0.1, 0.15) is 36.9 Å². The quantitative estimate of drug-likeness (QED) is 0.298. The molecule has 7 heteroatoms. The Morgan fingerprint density at radius 3 is 2.38 bits per heavy atom. The lowest BCUT2D eigenvalue weighted by Gasteiger charge is -2.13. The van der Waals surface area contributed by atoms with E-state index in [0.29, 0.717) is 54.6 Å². The maximum absolute atomic E-state index is 13.4. The average molecular weight is 468 g/mol. The number of amides is 1. The van der Waals surface area contributed by atoms with Crippen molar-refractivity contribution >= 4 is 44.6 Å². The molecule has 0 unspecified atom stereocenters. The number of ketones is 1. The van der Waals surface area contributed by atoms with Crippen molar-refractivity contribution < 1.29 is 14.0 Å². The van der Waals surface area contributed by atoms with Gasteiger partial charge in [-0.25, -0.2) is 4.98 Å². The number of thiophene rings is 1. The average Bonchev–Trinajstić information content (AvgIpc) is 3.47. The van der Waals surface area contributed by atoms with Crippen LogP contribution in [-0.4, -0.2) is 16.7 Å². The van der Waals surface area contributed by atoms with Gasteiger partial charge in [0.15, 0.2) is 0 Å². The van der Waals surface area contributed by atoms with Gasteiger partial charge in [-0.1, -0.05) is 48.0 Å². The molecule has 0 spiro atoms. The summed E-state index contributed by atoms with van der Waals surface area (Å²) >= 11 is 1.22. The second kappa shape index (κ2) is 8.61. The third-order valence-corrected chi connectivity index (χ3v) is 6.70. The minimum atomic E-state index is -0.332. The number of pyridine rings is 1. The molecule has 0 aliphatic rings. The first-order valence-electron chi connectivity index (χ1n) is 10.7. The van der Waals surface area contributed by atoms with Gasteiger partial charge in [-0.3, -0.25) is 9.59 Å². The molecule has 0 atom stereocenters. The molecule has 2 aromatic carbocycles. The number of rotatable bonds is 5. The second-order valence-electron chi connectivity index (χ2n) is 7.96. The van der Waals surface area contributed by atoms with Crippen LogP contribution in [0.25, 0.3) is 21.5 Å². The Morgan fingerprint density at radius 1 is 0.971 bits per heavy atom. The Morgan fingerprint density at radius 2 is 1.71 bits per heavy atom. The summed E-state index contributed by atoms with van der Waals surface area (Å²) in [6.07, 6.45) is 1.54. The van der Waals surface area contributed by atoms with E-state index in [1.54, 1.807) is 31.2 Å². The van der Waals surface area contributed by atoms with Gasteiger partial charge in [0.2, 0.25) is 5.78 Å². The molecule has 0 saturated heterocycles. The fraction of sp³-hybridized carbons (Fsp3) is 0.0741. The highest BCUT2D eigenvalue weighted by atomic mass is 32.1. The molecule has 3 aromatic heterocycles. The Kier molecular flexibility index (Phi) is 5.47.